The molecule has 0 aromatic heterocycles. The topological polar surface area (TPSA) is 26.8 Å². The molecule has 0 N–H and O–H groups in total. The highest BCUT2D eigenvalue weighted by molar-refractivity contribution is 7.86. The monoisotopic (exact) mass is 1010 g/mol. The standard InChI is InChI=1S/C72H54N3OP/c76-77(70-40-22-19-37-67(70)55-43-49-64(50-44-55)73(58-25-7-1-8-26-58)59-27-9-2-10-28-59,71-41-23-20-38-68(71)56-45-51-65(52-46-56)74(60-29-11-3-12-30-60)61-31-13-4-14-32-61)72-42-24-21-39-69(72)57-47-53-66(54-48-57)75(62-33-15-5-16-34-62)63-35-17-6-18-36-63/h1-54H. The van der Waals surface area contributed by atoms with E-state index in [-0.39, 0.29) is 0 Å². The van der Waals surface area contributed by atoms with Crippen LogP contribution in [-0.2, 0) is 4.57 Å². The van der Waals surface area contributed by atoms with Crippen LogP contribution in [0.1, 0.15) is 0 Å². The van der Waals surface area contributed by atoms with Gasteiger partial charge in [0.05, 0.1) is 0 Å². The van der Waals surface area contributed by atoms with Gasteiger partial charge in [-0.05, 0) is 143 Å². The second-order valence-corrected chi connectivity index (χ2v) is 21.5. The maximum atomic E-state index is 17.8. The minimum absolute atomic E-state index is 0.766. The molecule has 0 saturated carbocycles. The molecule has 5 heteroatoms. The second kappa shape index (κ2) is 22.0. The first kappa shape index (κ1) is 48.2. The van der Waals surface area contributed by atoms with Crippen molar-refractivity contribution in [2.75, 3.05) is 14.7 Å². The van der Waals surface area contributed by atoms with E-state index in [0.29, 0.717) is 0 Å². The predicted molar refractivity (Wildman–Crippen MR) is 326 cm³/mol. The van der Waals surface area contributed by atoms with Crippen molar-refractivity contribution in [2.24, 2.45) is 0 Å². The van der Waals surface area contributed by atoms with Crippen molar-refractivity contribution >= 4 is 74.2 Å². The van der Waals surface area contributed by atoms with Crippen LogP contribution in [0.5, 0.6) is 0 Å². The zero-order valence-corrected chi connectivity index (χ0v) is 43.3. The van der Waals surface area contributed by atoms with Crippen molar-refractivity contribution in [3.05, 3.63) is 328 Å². The van der Waals surface area contributed by atoms with Crippen LogP contribution in [0.15, 0.2) is 328 Å². The van der Waals surface area contributed by atoms with Gasteiger partial charge in [-0.15, -0.1) is 0 Å². The Balaban J connectivity index is 1.01. The summed E-state index contributed by atoms with van der Waals surface area (Å²) in [7, 11) is -3.80. The molecule has 0 radical (unpaired) electrons. The maximum absolute atomic E-state index is 17.8. The van der Waals surface area contributed by atoms with Gasteiger partial charge >= 0.3 is 0 Å². The number of hydrogen-bond donors (Lipinski definition) is 0. The number of hydrogen-bond acceptors (Lipinski definition) is 4. The molecule has 0 aliphatic rings. The average Bonchev–Trinajstić information content (AvgIpc) is 3.59. The van der Waals surface area contributed by atoms with Gasteiger partial charge in [-0.3, -0.25) is 0 Å². The number of rotatable bonds is 15. The van der Waals surface area contributed by atoms with Crippen LogP contribution in [0, 0.1) is 0 Å². The van der Waals surface area contributed by atoms with Crippen LogP contribution in [0.25, 0.3) is 33.4 Å². The summed E-state index contributed by atoms with van der Waals surface area (Å²) in [6.45, 7) is 0. The van der Waals surface area contributed by atoms with Crippen molar-refractivity contribution in [2.45, 2.75) is 0 Å². The van der Waals surface area contributed by atoms with Gasteiger partial charge in [-0.2, -0.15) is 0 Å². The van der Waals surface area contributed by atoms with E-state index >= 15 is 4.57 Å². The summed E-state index contributed by atoms with van der Waals surface area (Å²) >= 11 is 0. The van der Waals surface area contributed by atoms with E-state index in [9.17, 15) is 0 Å². The lowest BCUT2D eigenvalue weighted by Crippen LogP contribution is -2.29. The number of benzene rings is 12. The van der Waals surface area contributed by atoms with E-state index in [4.69, 9.17) is 0 Å². The number of anilines is 9. The summed E-state index contributed by atoms with van der Waals surface area (Å²) in [5.74, 6) is 0. The fourth-order valence-corrected chi connectivity index (χ4v) is 13.8. The third kappa shape index (κ3) is 9.78. The Labute approximate surface area is 452 Å². The molecular formula is C72H54N3OP. The number of nitrogens with zero attached hydrogens (tertiary/aromatic N) is 3. The molecule has 0 unspecified atom stereocenters. The van der Waals surface area contributed by atoms with Gasteiger partial charge in [0.1, 0.15) is 0 Å². The molecule has 12 aromatic rings. The van der Waals surface area contributed by atoms with E-state index in [1.54, 1.807) is 0 Å². The molecule has 0 atom stereocenters. The third-order valence-corrected chi connectivity index (χ3v) is 17.3. The second-order valence-electron chi connectivity index (χ2n) is 18.8. The van der Waals surface area contributed by atoms with Crippen LogP contribution in [-0.4, -0.2) is 0 Å². The number of para-hydroxylation sites is 6. The Hall–Kier alpha value is -9.73. The Morgan fingerprint density at radius 1 is 0.182 bits per heavy atom. The summed E-state index contributed by atoms with van der Waals surface area (Å²) in [6.07, 6.45) is 0. The predicted octanol–water partition coefficient (Wildman–Crippen LogP) is 18.7. The summed E-state index contributed by atoms with van der Waals surface area (Å²) in [6, 6.07) is 114. The SMILES string of the molecule is O=P(c1ccccc1-c1ccc(N(c2ccccc2)c2ccccc2)cc1)(c1ccccc1-c1ccc(N(c2ccccc2)c2ccccc2)cc1)c1ccccc1-c1ccc(N(c2ccccc2)c2ccccc2)cc1. The quantitative estimate of drug-likeness (QED) is 0.0956. The van der Waals surface area contributed by atoms with Crippen molar-refractivity contribution in [1.29, 1.82) is 0 Å². The van der Waals surface area contributed by atoms with E-state index in [1.165, 1.54) is 0 Å². The van der Waals surface area contributed by atoms with Gasteiger partial charge in [-0.25, -0.2) is 0 Å². The van der Waals surface area contributed by atoms with Crippen LogP contribution in [0.3, 0.4) is 0 Å². The summed E-state index contributed by atoms with van der Waals surface area (Å²) in [5.41, 5.74) is 15.1. The third-order valence-electron chi connectivity index (χ3n) is 14.1. The molecule has 368 valence electrons. The molecule has 0 aliphatic heterocycles. The van der Waals surface area contributed by atoms with Crippen LogP contribution < -0.4 is 30.6 Å². The fraction of sp³-hybridized carbons (Fsp3) is 0. The first-order valence-corrected chi connectivity index (χ1v) is 27.7. The van der Waals surface area contributed by atoms with Crippen LogP contribution >= 0.6 is 7.14 Å². The first-order chi connectivity index (χ1) is 38.1. The summed E-state index contributed by atoms with van der Waals surface area (Å²) in [5, 5.41) is 2.30. The highest BCUT2D eigenvalue weighted by atomic mass is 31.2. The first-order valence-electron chi connectivity index (χ1n) is 26.0. The Morgan fingerprint density at radius 2 is 0.351 bits per heavy atom. The van der Waals surface area contributed by atoms with Crippen LogP contribution in [0.2, 0.25) is 0 Å². The van der Waals surface area contributed by atoms with E-state index in [2.05, 4.69) is 288 Å². The maximum Gasteiger partial charge on any atom is 0.172 e. The van der Waals surface area contributed by atoms with Crippen molar-refractivity contribution in [1.82, 2.24) is 0 Å². The van der Waals surface area contributed by atoms with Gasteiger partial charge in [0.2, 0.25) is 0 Å². The van der Waals surface area contributed by atoms with Crippen molar-refractivity contribution in [3.8, 4) is 33.4 Å². The Kier molecular flexibility index (Phi) is 13.8. The molecule has 4 nitrogen and oxygen atoms in total. The molecular weight excluding hydrogens is 954 g/mol. The summed E-state index contributed by atoms with van der Waals surface area (Å²) < 4.78 is 17.8. The van der Waals surface area contributed by atoms with Gasteiger partial charge in [0, 0.05) is 67.1 Å². The lowest BCUT2D eigenvalue weighted by atomic mass is 10.0. The van der Waals surface area contributed by atoms with Crippen molar-refractivity contribution < 1.29 is 4.57 Å². The van der Waals surface area contributed by atoms with E-state index < -0.39 is 7.14 Å². The smallest absolute Gasteiger partial charge is 0.172 e. The molecule has 0 heterocycles. The normalized spacial score (nSPS) is 11.2. The Morgan fingerprint density at radius 3 is 0.558 bits per heavy atom. The molecule has 12 rings (SSSR count). The zero-order valence-electron chi connectivity index (χ0n) is 42.4. The van der Waals surface area contributed by atoms with Crippen LogP contribution in [0.4, 0.5) is 51.2 Å². The molecule has 0 aliphatic carbocycles. The molecule has 0 saturated heterocycles. The molecule has 0 bridgehead atoms. The lowest BCUT2D eigenvalue weighted by molar-refractivity contribution is 0.592. The minimum Gasteiger partial charge on any atom is -0.311 e. The van der Waals surface area contributed by atoms with Gasteiger partial charge in [0.15, 0.2) is 7.14 Å². The average molecular weight is 1010 g/mol. The molecule has 0 spiro atoms. The van der Waals surface area contributed by atoms with Gasteiger partial charge in [-0.1, -0.05) is 218 Å². The molecule has 0 fully saturated rings. The highest BCUT2D eigenvalue weighted by Crippen LogP contribution is 2.51. The summed E-state index contributed by atoms with van der Waals surface area (Å²) in [4.78, 5) is 6.80. The minimum atomic E-state index is -3.80. The lowest BCUT2D eigenvalue weighted by Gasteiger charge is -2.28. The fourth-order valence-electron chi connectivity index (χ4n) is 10.5. The zero-order chi connectivity index (χ0) is 51.8. The van der Waals surface area contributed by atoms with Gasteiger partial charge in [0.25, 0.3) is 0 Å². The van der Waals surface area contributed by atoms with E-state index in [1.807, 2.05) is 54.6 Å². The highest BCUT2D eigenvalue weighted by Gasteiger charge is 2.37. The van der Waals surface area contributed by atoms with Gasteiger partial charge < -0.3 is 19.3 Å². The largest absolute Gasteiger partial charge is 0.311 e. The Bertz CT molecular complexity index is 3380. The molecule has 12 aromatic carbocycles. The van der Waals surface area contributed by atoms with Crippen molar-refractivity contribution in [3.63, 3.8) is 0 Å². The molecule has 77 heavy (non-hydrogen) atoms. The van der Waals surface area contributed by atoms with E-state index in [0.717, 1.165) is 100 Å². The molecule has 0 amide bonds.